The van der Waals surface area contributed by atoms with E-state index < -0.39 is 10.0 Å². The van der Waals surface area contributed by atoms with Crippen LogP contribution in [0.25, 0.3) is 0 Å². The number of carbonyl (C=O) groups is 1. The van der Waals surface area contributed by atoms with Crippen LogP contribution in [0.3, 0.4) is 0 Å². The van der Waals surface area contributed by atoms with Crippen LogP contribution in [0.5, 0.6) is 0 Å². The van der Waals surface area contributed by atoms with Gasteiger partial charge in [-0.1, -0.05) is 18.2 Å². The maximum absolute atomic E-state index is 13.2. The van der Waals surface area contributed by atoms with Gasteiger partial charge in [0.05, 0.1) is 5.92 Å². The normalized spacial score (nSPS) is 21.7. The van der Waals surface area contributed by atoms with Gasteiger partial charge in [0.25, 0.3) is 10.0 Å². The monoisotopic (exact) mass is 465 g/mol. The molecule has 0 aliphatic carbocycles. The van der Waals surface area contributed by atoms with Gasteiger partial charge in [0.1, 0.15) is 10.0 Å². The van der Waals surface area contributed by atoms with Crippen LogP contribution in [-0.4, -0.2) is 67.7 Å². The third-order valence-corrected chi connectivity index (χ3v) is 9.28. The van der Waals surface area contributed by atoms with Crippen LogP contribution >= 0.6 is 11.3 Å². The number of piperidine rings is 1. The second-order valence-corrected chi connectivity index (χ2v) is 11.3. The largest absolute Gasteiger partial charge is 0.341 e. The number of nitrogens with zero attached hydrogens (tertiary/aromatic N) is 3. The minimum Gasteiger partial charge on any atom is -0.341 e. The second kappa shape index (κ2) is 9.77. The average Bonchev–Trinajstić information content (AvgIpc) is 3.23. The minimum atomic E-state index is -3.52. The van der Waals surface area contributed by atoms with Gasteiger partial charge < -0.3 is 4.90 Å². The first-order valence-electron chi connectivity index (χ1n) is 10.7. The van der Waals surface area contributed by atoms with Crippen LogP contribution in [0.15, 0.2) is 46.0 Å². The number of benzene rings is 1. The molecule has 1 aromatic carbocycles. The number of amides is 1. The molecule has 9 heteroatoms. The maximum atomic E-state index is 13.2. The summed E-state index contributed by atoms with van der Waals surface area (Å²) in [5.41, 5.74) is 1.06. The highest BCUT2D eigenvalue weighted by molar-refractivity contribution is 7.91. The molecule has 2 aliphatic rings. The summed E-state index contributed by atoms with van der Waals surface area (Å²) in [7, 11) is -3.52. The van der Waals surface area contributed by atoms with Gasteiger partial charge in [-0.25, -0.2) is 12.8 Å². The molecule has 1 atom stereocenters. The number of thiophene rings is 1. The van der Waals surface area contributed by atoms with E-state index in [0.717, 1.165) is 38.0 Å². The molecule has 2 saturated heterocycles. The number of carbonyl (C=O) groups excluding carboxylic acids is 1. The molecule has 2 fully saturated rings. The fourth-order valence-corrected chi connectivity index (χ4v) is 7.02. The molecule has 168 valence electrons. The molecule has 6 nitrogen and oxygen atoms in total. The van der Waals surface area contributed by atoms with Gasteiger partial charge in [-0.3, -0.25) is 9.69 Å². The van der Waals surface area contributed by atoms with E-state index in [9.17, 15) is 17.6 Å². The van der Waals surface area contributed by atoms with Gasteiger partial charge in [-0.2, -0.15) is 4.31 Å². The summed E-state index contributed by atoms with van der Waals surface area (Å²) >= 11 is 1.21. The molecular weight excluding hydrogens is 437 g/mol. The molecule has 31 heavy (non-hydrogen) atoms. The highest BCUT2D eigenvalue weighted by atomic mass is 32.2. The van der Waals surface area contributed by atoms with Crippen LogP contribution in [0.2, 0.25) is 0 Å². The standard InChI is InChI=1S/C22H28FN3O3S2/c23-20-8-6-18(7-9-20)16-24-10-3-11-25(14-13-24)22(27)19-4-1-12-26(17-19)31(28,29)21-5-2-15-30-21/h2,5-9,15,19H,1,3-4,10-14,16-17H2. The Hall–Kier alpha value is -1.81. The predicted octanol–water partition coefficient (Wildman–Crippen LogP) is 3.02. The zero-order valence-electron chi connectivity index (χ0n) is 17.5. The zero-order chi connectivity index (χ0) is 21.8. The number of rotatable bonds is 5. The smallest absolute Gasteiger partial charge is 0.252 e. The van der Waals surface area contributed by atoms with E-state index >= 15 is 0 Å². The molecular formula is C22H28FN3O3S2. The Bertz CT molecular complexity index is 980. The van der Waals surface area contributed by atoms with Crippen LogP contribution in [0.1, 0.15) is 24.8 Å². The summed E-state index contributed by atoms with van der Waals surface area (Å²) < 4.78 is 40.7. The number of hydrogen-bond donors (Lipinski definition) is 0. The Morgan fingerprint density at radius 3 is 2.58 bits per heavy atom. The fraction of sp³-hybridized carbons (Fsp3) is 0.500. The van der Waals surface area contributed by atoms with Gasteiger partial charge in [-0.05, 0) is 48.4 Å². The summed E-state index contributed by atoms with van der Waals surface area (Å²) in [4.78, 5) is 17.4. The van der Waals surface area contributed by atoms with E-state index in [1.54, 1.807) is 29.6 Å². The van der Waals surface area contributed by atoms with E-state index in [-0.39, 0.29) is 24.2 Å². The van der Waals surface area contributed by atoms with Crippen molar-refractivity contribution >= 4 is 27.3 Å². The summed E-state index contributed by atoms with van der Waals surface area (Å²) in [6.07, 6.45) is 2.30. The average molecular weight is 466 g/mol. The van der Waals surface area contributed by atoms with Crippen molar-refractivity contribution in [2.24, 2.45) is 5.92 Å². The lowest BCUT2D eigenvalue weighted by molar-refractivity contribution is -0.136. The van der Waals surface area contributed by atoms with E-state index in [4.69, 9.17) is 0 Å². The first-order chi connectivity index (χ1) is 14.9. The van der Waals surface area contributed by atoms with Crippen molar-refractivity contribution in [1.82, 2.24) is 14.1 Å². The third kappa shape index (κ3) is 5.34. The van der Waals surface area contributed by atoms with E-state index in [2.05, 4.69) is 4.90 Å². The lowest BCUT2D eigenvalue weighted by Gasteiger charge is -2.33. The van der Waals surface area contributed by atoms with Gasteiger partial charge in [0.15, 0.2) is 0 Å². The van der Waals surface area contributed by atoms with Crippen molar-refractivity contribution in [1.29, 1.82) is 0 Å². The summed E-state index contributed by atoms with van der Waals surface area (Å²) in [6, 6.07) is 9.90. The van der Waals surface area contributed by atoms with E-state index in [1.807, 2.05) is 4.90 Å². The van der Waals surface area contributed by atoms with Gasteiger partial charge >= 0.3 is 0 Å². The molecule has 0 N–H and O–H groups in total. The predicted molar refractivity (Wildman–Crippen MR) is 119 cm³/mol. The zero-order valence-corrected chi connectivity index (χ0v) is 19.1. The number of halogens is 1. The van der Waals surface area contributed by atoms with Crippen molar-refractivity contribution < 1.29 is 17.6 Å². The Kier molecular flexibility index (Phi) is 7.05. The SMILES string of the molecule is O=C(C1CCCN(S(=O)(=O)c2cccs2)C1)N1CCCN(Cc2ccc(F)cc2)CC1. The number of hydrogen-bond acceptors (Lipinski definition) is 5. The Balaban J connectivity index is 1.35. The van der Waals surface area contributed by atoms with Crippen molar-refractivity contribution in [2.75, 3.05) is 39.3 Å². The molecule has 1 aromatic heterocycles. The molecule has 2 aromatic rings. The Morgan fingerprint density at radius 2 is 1.84 bits per heavy atom. The molecule has 1 unspecified atom stereocenters. The summed E-state index contributed by atoms with van der Waals surface area (Å²) in [5.74, 6) is -0.458. The van der Waals surface area contributed by atoms with E-state index in [1.165, 1.54) is 27.8 Å². The molecule has 1 amide bonds. The van der Waals surface area contributed by atoms with Gasteiger partial charge in [0.2, 0.25) is 5.91 Å². The minimum absolute atomic E-state index is 0.0645. The van der Waals surface area contributed by atoms with Crippen molar-refractivity contribution in [3.8, 4) is 0 Å². The number of sulfonamides is 1. The van der Waals surface area contributed by atoms with Crippen LogP contribution < -0.4 is 0 Å². The van der Waals surface area contributed by atoms with Crippen LogP contribution in [0.4, 0.5) is 4.39 Å². The highest BCUT2D eigenvalue weighted by Gasteiger charge is 2.35. The molecule has 0 spiro atoms. The van der Waals surface area contributed by atoms with Crippen molar-refractivity contribution in [3.63, 3.8) is 0 Å². The molecule has 2 aliphatic heterocycles. The van der Waals surface area contributed by atoms with Gasteiger partial charge in [0, 0.05) is 45.8 Å². The lowest BCUT2D eigenvalue weighted by Crippen LogP contribution is -2.47. The second-order valence-electron chi connectivity index (χ2n) is 8.22. The molecule has 3 heterocycles. The van der Waals surface area contributed by atoms with E-state index in [0.29, 0.717) is 30.3 Å². The van der Waals surface area contributed by atoms with Gasteiger partial charge in [-0.15, -0.1) is 11.3 Å². The Labute approximate surface area is 187 Å². The fourth-order valence-electron chi connectivity index (χ4n) is 4.36. The molecule has 0 bridgehead atoms. The molecule has 0 saturated carbocycles. The summed E-state index contributed by atoms with van der Waals surface area (Å²) in [5, 5.41) is 1.76. The summed E-state index contributed by atoms with van der Waals surface area (Å²) in [6.45, 7) is 4.42. The quantitative estimate of drug-likeness (QED) is 0.681. The topological polar surface area (TPSA) is 60.9 Å². The molecule has 0 radical (unpaired) electrons. The van der Waals surface area contributed by atoms with Crippen molar-refractivity contribution in [3.05, 3.63) is 53.2 Å². The first kappa shape index (κ1) is 22.4. The molecule has 4 rings (SSSR count). The Morgan fingerprint density at radius 1 is 1.03 bits per heavy atom. The van der Waals surface area contributed by atoms with Crippen molar-refractivity contribution in [2.45, 2.75) is 30.0 Å². The maximum Gasteiger partial charge on any atom is 0.252 e. The highest BCUT2D eigenvalue weighted by Crippen LogP contribution is 2.27. The van der Waals surface area contributed by atoms with Crippen LogP contribution in [0, 0.1) is 11.7 Å². The lowest BCUT2D eigenvalue weighted by atomic mass is 9.98. The third-order valence-electron chi connectivity index (χ3n) is 6.04. The first-order valence-corrected chi connectivity index (χ1v) is 13.0. The van der Waals surface area contributed by atoms with Crippen LogP contribution in [-0.2, 0) is 21.4 Å².